The average molecular weight is 410 g/mol. The summed E-state index contributed by atoms with van der Waals surface area (Å²) >= 11 is 0. The molecule has 1 unspecified atom stereocenters. The number of hydrogen-bond donors (Lipinski definition) is 1. The summed E-state index contributed by atoms with van der Waals surface area (Å²) in [5.41, 5.74) is 1.63. The molecule has 1 saturated carbocycles. The molecule has 0 spiro atoms. The zero-order chi connectivity index (χ0) is 20.7. The van der Waals surface area contributed by atoms with Crippen molar-refractivity contribution in [3.05, 3.63) is 35.4 Å². The van der Waals surface area contributed by atoms with E-state index in [0.717, 1.165) is 75.8 Å². The number of nitrogens with one attached hydrogen (secondary N) is 1. The molecule has 6 heteroatoms. The molecule has 2 heterocycles. The maximum Gasteiger partial charge on any atom is 0.230 e. The average Bonchev–Trinajstić information content (AvgIpc) is 3.54. The lowest BCUT2D eigenvalue weighted by atomic mass is 9.92. The number of ketones is 1. The van der Waals surface area contributed by atoms with Crippen molar-refractivity contribution >= 4 is 17.6 Å². The van der Waals surface area contributed by atoms with Crippen LogP contribution in [0.3, 0.4) is 0 Å². The number of amides is 2. The van der Waals surface area contributed by atoms with Gasteiger partial charge in [-0.15, -0.1) is 0 Å². The first-order valence-electron chi connectivity index (χ1n) is 11.6. The number of Topliss-reactive ketones (excluding diaryl/α,β-unsaturated/α-hetero) is 1. The van der Waals surface area contributed by atoms with Crippen molar-refractivity contribution in [2.24, 2.45) is 5.92 Å². The van der Waals surface area contributed by atoms with Crippen LogP contribution >= 0.6 is 0 Å². The number of fused-ring (bicyclic) bond motifs is 1. The van der Waals surface area contributed by atoms with Crippen LogP contribution in [0.15, 0.2) is 24.3 Å². The Morgan fingerprint density at radius 1 is 0.900 bits per heavy atom. The second-order valence-corrected chi connectivity index (χ2v) is 9.42. The first-order chi connectivity index (χ1) is 14.6. The maximum atomic E-state index is 13.1. The first-order valence-corrected chi connectivity index (χ1v) is 11.6. The normalized spacial score (nSPS) is 25.9. The molecule has 3 fully saturated rings. The number of likely N-dealkylation sites (tertiary alicyclic amines) is 2. The molecule has 6 nitrogen and oxygen atoms in total. The van der Waals surface area contributed by atoms with Gasteiger partial charge < -0.3 is 15.1 Å². The standard InChI is InChI=1S/C24H31N3O3/c28-22-15-21(19-3-1-2-4-20(19)22)24(30)27-13-9-18(10-14-27)26-11-7-16(8-12-26)23(29)25-17-5-6-17/h1-4,16-18,21H,5-15H2,(H,25,29). The lowest BCUT2D eigenvalue weighted by Gasteiger charge is -2.42. The van der Waals surface area contributed by atoms with Crippen LogP contribution in [0.5, 0.6) is 0 Å². The van der Waals surface area contributed by atoms with Gasteiger partial charge in [0.2, 0.25) is 11.8 Å². The Hall–Kier alpha value is -2.21. The Bertz CT molecular complexity index is 834. The van der Waals surface area contributed by atoms with Crippen LogP contribution in [-0.4, -0.2) is 65.7 Å². The van der Waals surface area contributed by atoms with Crippen LogP contribution in [0.1, 0.15) is 66.8 Å². The maximum absolute atomic E-state index is 13.1. The van der Waals surface area contributed by atoms with Crippen LogP contribution in [0.4, 0.5) is 0 Å². The van der Waals surface area contributed by atoms with Crippen LogP contribution in [0.2, 0.25) is 0 Å². The van der Waals surface area contributed by atoms with E-state index in [1.165, 1.54) is 0 Å². The highest BCUT2D eigenvalue weighted by atomic mass is 16.2. The van der Waals surface area contributed by atoms with Crippen LogP contribution in [0, 0.1) is 5.92 Å². The highest BCUT2D eigenvalue weighted by Crippen LogP contribution is 2.35. The molecule has 30 heavy (non-hydrogen) atoms. The minimum Gasteiger partial charge on any atom is -0.353 e. The van der Waals surface area contributed by atoms with Crippen molar-refractivity contribution < 1.29 is 14.4 Å². The van der Waals surface area contributed by atoms with E-state index < -0.39 is 0 Å². The third-order valence-corrected chi connectivity index (χ3v) is 7.44. The van der Waals surface area contributed by atoms with E-state index in [1.54, 1.807) is 0 Å². The summed E-state index contributed by atoms with van der Waals surface area (Å²) < 4.78 is 0. The molecule has 160 valence electrons. The summed E-state index contributed by atoms with van der Waals surface area (Å²) in [5, 5.41) is 3.15. The Labute approximate surface area is 178 Å². The predicted molar refractivity (Wildman–Crippen MR) is 113 cm³/mol. The smallest absolute Gasteiger partial charge is 0.230 e. The van der Waals surface area contributed by atoms with E-state index in [-0.39, 0.29) is 29.4 Å². The van der Waals surface area contributed by atoms with Gasteiger partial charge in [-0.1, -0.05) is 24.3 Å². The summed E-state index contributed by atoms with van der Waals surface area (Å²) in [6.45, 7) is 3.48. The van der Waals surface area contributed by atoms with Gasteiger partial charge in [-0.05, 0) is 57.2 Å². The van der Waals surface area contributed by atoms with E-state index in [0.29, 0.717) is 18.5 Å². The van der Waals surface area contributed by atoms with Crippen molar-refractivity contribution in [2.75, 3.05) is 26.2 Å². The molecule has 1 aromatic carbocycles. The van der Waals surface area contributed by atoms with Gasteiger partial charge in [0.15, 0.2) is 5.78 Å². The third kappa shape index (κ3) is 3.89. The highest BCUT2D eigenvalue weighted by Gasteiger charge is 2.38. The van der Waals surface area contributed by atoms with Gasteiger partial charge in [-0.2, -0.15) is 0 Å². The fourth-order valence-corrected chi connectivity index (χ4v) is 5.43. The second kappa shape index (κ2) is 8.14. The molecule has 0 bridgehead atoms. The molecule has 0 aromatic heterocycles. The molecule has 5 rings (SSSR count). The van der Waals surface area contributed by atoms with Gasteiger partial charge >= 0.3 is 0 Å². The number of nitrogens with zero attached hydrogens (tertiary/aromatic N) is 2. The van der Waals surface area contributed by atoms with Crippen molar-refractivity contribution in [3.63, 3.8) is 0 Å². The van der Waals surface area contributed by atoms with Crippen molar-refractivity contribution in [1.29, 1.82) is 0 Å². The molecule has 2 aliphatic heterocycles. The molecular formula is C24H31N3O3. The lowest BCUT2D eigenvalue weighted by molar-refractivity contribution is -0.134. The second-order valence-electron chi connectivity index (χ2n) is 9.42. The van der Waals surface area contributed by atoms with Crippen LogP contribution in [-0.2, 0) is 9.59 Å². The third-order valence-electron chi connectivity index (χ3n) is 7.44. The highest BCUT2D eigenvalue weighted by molar-refractivity contribution is 6.06. The summed E-state index contributed by atoms with van der Waals surface area (Å²) in [7, 11) is 0. The molecule has 4 aliphatic rings. The van der Waals surface area contributed by atoms with E-state index in [2.05, 4.69) is 10.2 Å². The molecule has 2 amide bonds. The van der Waals surface area contributed by atoms with Crippen molar-refractivity contribution in [3.8, 4) is 0 Å². The summed E-state index contributed by atoms with van der Waals surface area (Å²) in [4.78, 5) is 42.1. The quantitative estimate of drug-likeness (QED) is 0.829. The van der Waals surface area contributed by atoms with Crippen LogP contribution in [0.25, 0.3) is 0 Å². The van der Waals surface area contributed by atoms with Crippen molar-refractivity contribution in [2.45, 2.75) is 62.9 Å². The van der Waals surface area contributed by atoms with Gasteiger partial charge in [-0.3, -0.25) is 14.4 Å². The first kappa shape index (κ1) is 19.7. The number of rotatable bonds is 4. The van der Waals surface area contributed by atoms with Crippen LogP contribution < -0.4 is 5.32 Å². The molecule has 1 atom stereocenters. The van der Waals surface area contributed by atoms with Gasteiger partial charge in [0.25, 0.3) is 0 Å². The fourth-order valence-electron chi connectivity index (χ4n) is 5.43. The summed E-state index contributed by atoms with van der Waals surface area (Å²) in [6.07, 6.45) is 6.44. The van der Waals surface area contributed by atoms with Gasteiger partial charge in [0.1, 0.15) is 0 Å². The summed E-state index contributed by atoms with van der Waals surface area (Å²) in [5.74, 6) is 0.327. The van der Waals surface area contributed by atoms with Gasteiger partial charge in [0, 0.05) is 43.1 Å². The molecule has 2 aliphatic carbocycles. The van der Waals surface area contributed by atoms with Gasteiger partial charge in [-0.25, -0.2) is 0 Å². The number of piperidine rings is 2. The number of carbonyl (C=O) groups excluding carboxylic acids is 3. The van der Waals surface area contributed by atoms with E-state index in [4.69, 9.17) is 0 Å². The molecule has 1 aromatic rings. The number of hydrogen-bond acceptors (Lipinski definition) is 4. The molecule has 0 radical (unpaired) electrons. The minimum absolute atomic E-state index is 0.0902. The number of benzene rings is 1. The molecule has 2 saturated heterocycles. The fraction of sp³-hybridized carbons (Fsp3) is 0.625. The number of carbonyl (C=O) groups is 3. The van der Waals surface area contributed by atoms with Crippen molar-refractivity contribution in [1.82, 2.24) is 15.1 Å². The van der Waals surface area contributed by atoms with E-state index in [9.17, 15) is 14.4 Å². The zero-order valence-electron chi connectivity index (χ0n) is 17.5. The molecule has 1 N–H and O–H groups in total. The largest absolute Gasteiger partial charge is 0.353 e. The minimum atomic E-state index is -0.300. The predicted octanol–water partition coefficient (Wildman–Crippen LogP) is 2.34. The Morgan fingerprint density at radius 3 is 2.30 bits per heavy atom. The zero-order valence-corrected chi connectivity index (χ0v) is 17.5. The Morgan fingerprint density at radius 2 is 1.60 bits per heavy atom. The van der Waals surface area contributed by atoms with E-state index >= 15 is 0 Å². The Kier molecular flexibility index (Phi) is 5.35. The topological polar surface area (TPSA) is 69.7 Å². The summed E-state index contributed by atoms with van der Waals surface area (Å²) in [6, 6.07) is 8.50. The monoisotopic (exact) mass is 409 g/mol. The van der Waals surface area contributed by atoms with Gasteiger partial charge in [0.05, 0.1) is 5.92 Å². The SMILES string of the molecule is O=C1CC(C(=O)N2CCC(N3CCC(C(=O)NC4CC4)CC3)CC2)c2ccccc21. The Balaban J connectivity index is 1.11. The molecular weight excluding hydrogens is 378 g/mol. The van der Waals surface area contributed by atoms with E-state index in [1.807, 2.05) is 29.2 Å². The lowest BCUT2D eigenvalue weighted by Crippen LogP contribution is -2.50.